The molecular formula is C16H20N4O2. The van der Waals surface area contributed by atoms with Crippen LogP contribution in [-0.4, -0.2) is 59.2 Å². The van der Waals surface area contributed by atoms with Gasteiger partial charge in [0.1, 0.15) is 0 Å². The lowest BCUT2D eigenvalue weighted by Crippen LogP contribution is -2.42. The predicted molar refractivity (Wildman–Crippen MR) is 82.4 cm³/mol. The van der Waals surface area contributed by atoms with Gasteiger partial charge in [0.15, 0.2) is 0 Å². The van der Waals surface area contributed by atoms with Crippen LogP contribution < -0.4 is 5.32 Å². The fourth-order valence-electron chi connectivity index (χ4n) is 3.34. The Labute approximate surface area is 129 Å². The number of ether oxygens (including phenoxy) is 1. The number of para-hydroxylation sites is 2. The van der Waals surface area contributed by atoms with Crippen LogP contribution in [0.25, 0.3) is 11.0 Å². The number of amides is 1. The summed E-state index contributed by atoms with van der Waals surface area (Å²) in [7, 11) is 0. The Bertz CT molecular complexity index is 684. The summed E-state index contributed by atoms with van der Waals surface area (Å²) in [4.78, 5) is 18.8. The van der Waals surface area contributed by atoms with Crippen molar-refractivity contribution >= 4 is 16.9 Å². The zero-order valence-corrected chi connectivity index (χ0v) is 12.4. The molecule has 1 aromatic carbocycles. The van der Waals surface area contributed by atoms with Gasteiger partial charge >= 0.3 is 0 Å². The number of hydrogen-bond donors (Lipinski definition) is 1. The van der Waals surface area contributed by atoms with Crippen molar-refractivity contribution in [1.82, 2.24) is 19.8 Å². The van der Waals surface area contributed by atoms with Gasteiger partial charge in [-0.2, -0.15) is 0 Å². The molecule has 6 heteroatoms. The van der Waals surface area contributed by atoms with Crippen molar-refractivity contribution in [3.8, 4) is 0 Å². The Morgan fingerprint density at radius 3 is 3.09 bits per heavy atom. The van der Waals surface area contributed by atoms with Crippen LogP contribution in [0.1, 0.15) is 0 Å². The van der Waals surface area contributed by atoms with Crippen molar-refractivity contribution in [2.24, 2.45) is 5.92 Å². The van der Waals surface area contributed by atoms with Crippen molar-refractivity contribution < 1.29 is 9.53 Å². The molecule has 2 fully saturated rings. The normalized spacial score (nSPS) is 25.9. The van der Waals surface area contributed by atoms with Crippen LogP contribution in [0.2, 0.25) is 0 Å². The number of nitrogens with one attached hydrogen (secondary N) is 1. The minimum Gasteiger partial charge on any atom is -0.378 e. The summed E-state index contributed by atoms with van der Waals surface area (Å²) >= 11 is 0. The lowest BCUT2D eigenvalue weighted by atomic mass is 10.1. The lowest BCUT2D eigenvalue weighted by Gasteiger charge is -2.27. The van der Waals surface area contributed by atoms with Crippen LogP contribution in [0.15, 0.2) is 30.6 Å². The number of benzene rings is 1. The Kier molecular flexibility index (Phi) is 3.56. The summed E-state index contributed by atoms with van der Waals surface area (Å²) in [6.07, 6.45) is 1.90. The third-order valence-electron chi connectivity index (χ3n) is 4.50. The van der Waals surface area contributed by atoms with Gasteiger partial charge in [-0.25, -0.2) is 4.98 Å². The van der Waals surface area contributed by atoms with Crippen LogP contribution >= 0.6 is 0 Å². The van der Waals surface area contributed by atoms with Gasteiger partial charge in [0.2, 0.25) is 5.91 Å². The van der Waals surface area contributed by atoms with Gasteiger partial charge < -0.3 is 14.6 Å². The van der Waals surface area contributed by atoms with Crippen LogP contribution in [0.5, 0.6) is 0 Å². The maximum atomic E-state index is 12.0. The first-order valence-corrected chi connectivity index (χ1v) is 7.80. The number of imidazole rings is 1. The Hall–Kier alpha value is -1.92. The van der Waals surface area contributed by atoms with Crippen LogP contribution in [0, 0.1) is 5.92 Å². The van der Waals surface area contributed by atoms with Crippen molar-refractivity contribution in [1.29, 1.82) is 0 Å². The van der Waals surface area contributed by atoms with Gasteiger partial charge in [-0.1, -0.05) is 12.1 Å². The Morgan fingerprint density at radius 1 is 1.23 bits per heavy atom. The van der Waals surface area contributed by atoms with E-state index in [1.54, 1.807) is 0 Å². The van der Waals surface area contributed by atoms with Crippen LogP contribution in [0.4, 0.5) is 0 Å². The number of nitrogens with zero attached hydrogens (tertiary/aromatic N) is 3. The lowest BCUT2D eigenvalue weighted by molar-refractivity contribution is -0.125. The van der Waals surface area contributed by atoms with Gasteiger partial charge in [-0.15, -0.1) is 0 Å². The fraction of sp³-hybridized carbons (Fsp3) is 0.500. The number of fused-ring (bicyclic) bond motifs is 4. The minimum absolute atomic E-state index is 0.0490. The summed E-state index contributed by atoms with van der Waals surface area (Å²) in [6, 6.07) is 8.28. The van der Waals surface area contributed by atoms with Gasteiger partial charge in [0.25, 0.3) is 0 Å². The van der Waals surface area contributed by atoms with E-state index in [9.17, 15) is 4.79 Å². The molecule has 6 nitrogen and oxygen atoms in total. The van der Waals surface area contributed by atoms with E-state index in [2.05, 4.69) is 25.8 Å². The summed E-state index contributed by atoms with van der Waals surface area (Å²) in [5.41, 5.74) is 2.19. The quantitative estimate of drug-likeness (QED) is 0.896. The molecule has 0 aliphatic carbocycles. The van der Waals surface area contributed by atoms with Gasteiger partial charge in [-0.3, -0.25) is 9.69 Å². The second kappa shape index (κ2) is 5.70. The molecule has 2 atom stereocenters. The molecule has 2 aliphatic rings. The molecule has 1 aromatic heterocycles. The summed E-state index contributed by atoms with van der Waals surface area (Å²) in [5.74, 6) is 0.0881. The highest BCUT2D eigenvalue weighted by Gasteiger charge is 2.32. The summed E-state index contributed by atoms with van der Waals surface area (Å²) < 4.78 is 7.75. The standard InChI is InChI=1S/C16H20N4O2/c21-16-12-7-19(8-13(18-16)10-22-9-12)5-6-20-11-17-14-3-1-2-4-15(14)20/h1-4,11-13H,5-10H2,(H,18,21)/t12-,13+/m1/s1. The van der Waals surface area contributed by atoms with E-state index in [1.807, 2.05) is 24.5 Å². The molecule has 2 aromatic rings. The molecule has 2 aliphatic heterocycles. The monoisotopic (exact) mass is 300 g/mol. The number of carbonyl (C=O) groups excluding carboxylic acids is 1. The molecule has 3 heterocycles. The van der Waals surface area contributed by atoms with Crippen LogP contribution in [0.3, 0.4) is 0 Å². The average Bonchev–Trinajstić information content (AvgIpc) is 2.75. The van der Waals surface area contributed by atoms with E-state index in [0.29, 0.717) is 13.2 Å². The second-order valence-electron chi connectivity index (χ2n) is 6.13. The molecule has 22 heavy (non-hydrogen) atoms. The van der Waals surface area contributed by atoms with Crippen molar-refractivity contribution in [2.75, 3.05) is 32.8 Å². The first kappa shape index (κ1) is 13.7. The predicted octanol–water partition coefficient (Wildman–Crippen LogP) is 0.483. The number of hydrogen-bond acceptors (Lipinski definition) is 4. The molecule has 0 unspecified atom stereocenters. The number of rotatable bonds is 3. The molecule has 0 saturated carbocycles. The average molecular weight is 300 g/mol. The number of carbonyl (C=O) groups is 1. The highest BCUT2D eigenvalue weighted by Crippen LogP contribution is 2.15. The smallest absolute Gasteiger partial charge is 0.227 e. The molecule has 4 rings (SSSR count). The first-order valence-electron chi connectivity index (χ1n) is 7.80. The van der Waals surface area contributed by atoms with Gasteiger partial charge in [-0.05, 0) is 12.1 Å². The van der Waals surface area contributed by atoms with E-state index in [1.165, 1.54) is 0 Å². The highest BCUT2D eigenvalue weighted by atomic mass is 16.5. The number of aromatic nitrogens is 2. The molecule has 0 radical (unpaired) electrons. The van der Waals surface area contributed by atoms with Crippen molar-refractivity contribution in [3.63, 3.8) is 0 Å². The Balaban J connectivity index is 1.46. The van der Waals surface area contributed by atoms with Crippen molar-refractivity contribution in [2.45, 2.75) is 12.6 Å². The van der Waals surface area contributed by atoms with E-state index in [-0.39, 0.29) is 17.9 Å². The van der Waals surface area contributed by atoms with Gasteiger partial charge in [0.05, 0.1) is 42.5 Å². The molecule has 1 N–H and O–H groups in total. The molecular weight excluding hydrogens is 280 g/mol. The van der Waals surface area contributed by atoms with Gasteiger partial charge in [0, 0.05) is 26.2 Å². The topological polar surface area (TPSA) is 59.4 Å². The molecule has 0 spiro atoms. The van der Waals surface area contributed by atoms with E-state index >= 15 is 0 Å². The fourth-order valence-corrected chi connectivity index (χ4v) is 3.34. The zero-order chi connectivity index (χ0) is 14.9. The third kappa shape index (κ3) is 2.60. The Morgan fingerprint density at radius 2 is 2.14 bits per heavy atom. The largest absolute Gasteiger partial charge is 0.378 e. The SMILES string of the molecule is O=C1N[C@@H]2COC[C@H]1CN(CCn1cnc3ccccc31)C2. The van der Waals surface area contributed by atoms with Crippen molar-refractivity contribution in [3.05, 3.63) is 30.6 Å². The van der Waals surface area contributed by atoms with E-state index in [0.717, 1.165) is 37.2 Å². The maximum absolute atomic E-state index is 12.0. The third-order valence-corrected chi connectivity index (χ3v) is 4.50. The summed E-state index contributed by atoms with van der Waals surface area (Å²) in [5, 5.41) is 3.07. The maximum Gasteiger partial charge on any atom is 0.227 e. The zero-order valence-electron chi connectivity index (χ0n) is 12.4. The second-order valence-corrected chi connectivity index (χ2v) is 6.13. The molecule has 116 valence electrons. The highest BCUT2D eigenvalue weighted by molar-refractivity contribution is 5.80. The molecule has 1 amide bonds. The van der Waals surface area contributed by atoms with Crippen LogP contribution in [-0.2, 0) is 16.1 Å². The molecule has 2 bridgehead atoms. The molecule has 2 saturated heterocycles. The minimum atomic E-state index is -0.0490. The summed E-state index contributed by atoms with van der Waals surface area (Å²) in [6.45, 7) is 4.58. The van der Waals surface area contributed by atoms with E-state index < -0.39 is 0 Å². The van der Waals surface area contributed by atoms with E-state index in [4.69, 9.17) is 4.74 Å². The first-order chi connectivity index (χ1) is 10.8.